The lowest BCUT2D eigenvalue weighted by Crippen LogP contribution is -2.39. The number of hydrogen-bond donors (Lipinski definition) is 3. The molecular weight excluding hydrogens is 244 g/mol. The molecule has 0 spiro atoms. The summed E-state index contributed by atoms with van der Waals surface area (Å²) in [4.78, 5) is 0. The van der Waals surface area contributed by atoms with Crippen molar-refractivity contribution in [3.05, 3.63) is 28.8 Å². The topological polar surface area (TPSA) is 69.9 Å². The van der Waals surface area contributed by atoms with Crippen molar-refractivity contribution in [3.63, 3.8) is 0 Å². The van der Waals surface area contributed by atoms with Gasteiger partial charge in [0.2, 0.25) is 0 Å². The van der Waals surface area contributed by atoms with Crippen LogP contribution < -0.4 is 4.74 Å². The summed E-state index contributed by atoms with van der Waals surface area (Å²) in [6.07, 6.45) is 0.366. The Morgan fingerprint density at radius 2 is 2.11 bits per heavy atom. The fourth-order valence-corrected chi connectivity index (χ4v) is 2.49. The van der Waals surface area contributed by atoms with E-state index in [1.807, 2.05) is 12.1 Å². The monoisotopic (exact) mass is 266 g/mol. The van der Waals surface area contributed by atoms with Crippen LogP contribution in [0, 0.1) is 0 Å². The first-order valence-corrected chi connectivity index (χ1v) is 6.64. The van der Waals surface area contributed by atoms with Crippen LogP contribution in [-0.2, 0) is 19.4 Å². The van der Waals surface area contributed by atoms with E-state index in [1.165, 1.54) is 0 Å². The van der Waals surface area contributed by atoms with E-state index >= 15 is 0 Å². The summed E-state index contributed by atoms with van der Waals surface area (Å²) in [5.41, 5.74) is 1.71. The third kappa shape index (κ3) is 2.91. The number of hydrogen-bond acceptors (Lipinski definition) is 4. The SMILES string of the molecule is C[C@H](O)Cc1ccc2c(c1CO)O[C@H](C(C)(C)O)C2. The number of ether oxygens (including phenoxy) is 1. The molecule has 1 aromatic carbocycles. The fraction of sp³-hybridized carbons (Fsp3) is 0.600. The molecule has 0 aliphatic carbocycles. The average Bonchev–Trinajstić information content (AvgIpc) is 2.71. The average molecular weight is 266 g/mol. The van der Waals surface area contributed by atoms with Crippen LogP contribution in [0.4, 0.5) is 0 Å². The zero-order valence-electron chi connectivity index (χ0n) is 11.7. The van der Waals surface area contributed by atoms with Crippen molar-refractivity contribution >= 4 is 0 Å². The van der Waals surface area contributed by atoms with Gasteiger partial charge in [0.15, 0.2) is 0 Å². The van der Waals surface area contributed by atoms with Crippen LogP contribution in [0.5, 0.6) is 5.75 Å². The van der Waals surface area contributed by atoms with Crippen molar-refractivity contribution in [2.24, 2.45) is 0 Å². The largest absolute Gasteiger partial charge is 0.486 e. The van der Waals surface area contributed by atoms with Crippen LogP contribution in [0.3, 0.4) is 0 Å². The minimum atomic E-state index is -0.920. The van der Waals surface area contributed by atoms with Gasteiger partial charge in [0.1, 0.15) is 11.9 Å². The minimum Gasteiger partial charge on any atom is -0.486 e. The third-order valence-electron chi connectivity index (χ3n) is 3.57. The van der Waals surface area contributed by atoms with Crippen LogP contribution in [0.2, 0.25) is 0 Å². The van der Waals surface area contributed by atoms with E-state index in [-0.39, 0.29) is 12.7 Å². The van der Waals surface area contributed by atoms with Crippen molar-refractivity contribution in [1.82, 2.24) is 0 Å². The van der Waals surface area contributed by atoms with Crippen molar-refractivity contribution in [2.45, 2.75) is 58.0 Å². The van der Waals surface area contributed by atoms with Gasteiger partial charge in [0, 0.05) is 12.0 Å². The van der Waals surface area contributed by atoms with Crippen molar-refractivity contribution in [3.8, 4) is 5.75 Å². The molecule has 0 saturated heterocycles. The second-order valence-corrected chi connectivity index (χ2v) is 5.87. The van der Waals surface area contributed by atoms with Gasteiger partial charge in [-0.15, -0.1) is 0 Å². The molecule has 4 nitrogen and oxygen atoms in total. The number of aliphatic hydroxyl groups excluding tert-OH is 2. The first kappa shape index (κ1) is 14.3. The molecule has 2 rings (SSSR count). The highest BCUT2D eigenvalue weighted by Gasteiger charge is 2.36. The fourth-order valence-electron chi connectivity index (χ4n) is 2.49. The van der Waals surface area contributed by atoms with E-state index in [1.54, 1.807) is 20.8 Å². The van der Waals surface area contributed by atoms with E-state index in [0.29, 0.717) is 18.6 Å². The zero-order valence-corrected chi connectivity index (χ0v) is 11.7. The molecule has 1 aromatic rings. The van der Waals surface area contributed by atoms with Gasteiger partial charge < -0.3 is 20.1 Å². The Morgan fingerprint density at radius 3 is 2.63 bits per heavy atom. The summed E-state index contributed by atoms with van der Waals surface area (Å²) in [6, 6.07) is 3.88. The van der Waals surface area contributed by atoms with Crippen LogP contribution in [0.25, 0.3) is 0 Å². The lowest BCUT2D eigenvalue weighted by molar-refractivity contribution is -0.0235. The molecule has 1 aliphatic rings. The Hall–Kier alpha value is -1.10. The molecule has 0 aromatic heterocycles. The zero-order chi connectivity index (χ0) is 14.2. The highest BCUT2D eigenvalue weighted by molar-refractivity contribution is 5.49. The second kappa shape index (κ2) is 5.12. The maximum Gasteiger partial charge on any atom is 0.131 e. The Bertz CT molecular complexity index is 460. The summed E-state index contributed by atoms with van der Waals surface area (Å²) in [6.45, 7) is 5.04. The third-order valence-corrected chi connectivity index (χ3v) is 3.57. The van der Waals surface area contributed by atoms with E-state index in [0.717, 1.165) is 16.7 Å². The molecule has 1 aliphatic heterocycles. The molecule has 2 atom stereocenters. The van der Waals surface area contributed by atoms with E-state index in [9.17, 15) is 15.3 Å². The highest BCUT2D eigenvalue weighted by atomic mass is 16.5. The Kier molecular flexibility index (Phi) is 3.85. The van der Waals surface area contributed by atoms with E-state index in [4.69, 9.17) is 4.74 Å². The minimum absolute atomic E-state index is 0.121. The predicted octanol–water partition coefficient (Wildman–Crippen LogP) is 1.18. The Labute approximate surface area is 113 Å². The van der Waals surface area contributed by atoms with Gasteiger partial charge in [-0.25, -0.2) is 0 Å². The number of rotatable bonds is 4. The first-order chi connectivity index (χ1) is 8.82. The molecule has 0 amide bonds. The maximum absolute atomic E-state index is 10.0. The van der Waals surface area contributed by atoms with Crippen molar-refractivity contribution in [1.29, 1.82) is 0 Å². The van der Waals surface area contributed by atoms with Gasteiger partial charge >= 0.3 is 0 Å². The molecule has 19 heavy (non-hydrogen) atoms. The highest BCUT2D eigenvalue weighted by Crippen LogP contribution is 2.38. The van der Waals surface area contributed by atoms with Crippen LogP contribution in [0.1, 0.15) is 37.5 Å². The summed E-state index contributed by atoms with van der Waals surface area (Å²) in [5.74, 6) is 0.674. The van der Waals surface area contributed by atoms with Gasteiger partial charge in [-0.2, -0.15) is 0 Å². The predicted molar refractivity (Wildman–Crippen MR) is 72.2 cm³/mol. The van der Waals surface area contributed by atoms with Crippen molar-refractivity contribution < 1.29 is 20.1 Å². The number of benzene rings is 1. The molecule has 0 radical (unpaired) electrons. The first-order valence-electron chi connectivity index (χ1n) is 6.64. The second-order valence-electron chi connectivity index (χ2n) is 5.87. The molecule has 4 heteroatoms. The Morgan fingerprint density at radius 1 is 1.42 bits per heavy atom. The smallest absolute Gasteiger partial charge is 0.131 e. The molecular formula is C15H22O4. The number of fused-ring (bicyclic) bond motifs is 1. The van der Waals surface area contributed by atoms with Gasteiger partial charge in [0.05, 0.1) is 18.3 Å². The van der Waals surface area contributed by atoms with E-state index < -0.39 is 11.7 Å². The number of aliphatic hydroxyl groups is 3. The molecule has 0 fully saturated rings. The summed E-state index contributed by atoms with van der Waals surface area (Å²) in [7, 11) is 0. The van der Waals surface area contributed by atoms with Crippen molar-refractivity contribution in [2.75, 3.05) is 0 Å². The summed E-state index contributed by atoms with van der Waals surface area (Å²) in [5, 5.41) is 29.1. The van der Waals surface area contributed by atoms with Gasteiger partial charge in [-0.1, -0.05) is 12.1 Å². The Balaban J connectivity index is 2.34. The lowest BCUT2D eigenvalue weighted by Gasteiger charge is -2.25. The van der Waals surface area contributed by atoms with Gasteiger partial charge in [-0.05, 0) is 38.3 Å². The van der Waals surface area contributed by atoms with Crippen LogP contribution in [-0.4, -0.2) is 33.1 Å². The lowest BCUT2D eigenvalue weighted by atomic mass is 9.94. The summed E-state index contributed by atoms with van der Waals surface area (Å²) >= 11 is 0. The quantitative estimate of drug-likeness (QED) is 0.765. The van der Waals surface area contributed by atoms with Crippen LogP contribution >= 0.6 is 0 Å². The maximum atomic E-state index is 10.0. The van der Waals surface area contributed by atoms with Gasteiger partial charge in [0.25, 0.3) is 0 Å². The normalized spacial score (nSPS) is 20.0. The molecule has 106 valence electrons. The summed E-state index contributed by atoms with van der Waals surface area (Å²) < 4.78 is 5.82. The molecule has 0 unspecified atom stereocenters. The van der Waals surface area contributed by atoms with E-state index in [2.05, 4.69) is 0 Å². The standard InChI is InChI=1S/C15H22O4/c1-9(17)6-10-4-5-11-7-13(15(2,3)18)19-14(11)12(10)8-16/h4-5,9,13,16-18H,6-8H2,1-3H3/t9-,13-/m0/s1. The molecule has 3 N–H and O–H groups in total. The van der Waals surface area contributed by atoms with Gasteiger partial charge in [-0.3, -0.25) is 0 Å². The molecule has 1 heterocycles. The molecule has 0 bridgehead atoms. The van der Waals surface area contributed by atoms with Crippen LogP contribution in [0.15, 0.2) is 12.1 Å². The molecule has 0 saturated carbocycles.